The quantitative estimate of drug-likeness (QED) is 0.813. The van der Waals surface area contributed by atoms with Gasteiger partial charge in [0.25, 0.3) is 0 Å². The van der Waals surface area contributed by atoms with Crippen LogP contribution in [0.15, 0.2) is 34.9 Å². The highest BCUT2D eigenvalue weighted by atomic mass is 16.5. The molecule has 1 aromatic carbocycles. The summed E-state index contributed by atoms with van der Waals surface area (Å²) >= 11 is 0. The van der Waals surface area contributed by atoms with Gasteiger partial charge < -0.3 is 15.2 Å². The SMILES string of the molecule is O=C(Cc1ccc(CC2CCNC2)cc1)NCc1cc(C2CC2)on1. The van der Waals surface area contributed by atoms with Gasteiger partial charge in [-0.2, -0.15) is 0 Å². The van der Waals surface area contributed by atoms with Crippen molar-refractivity contribution in [2.45, 2.75) is 44.6 Å². The third-order valence-electron chi connectivity index (χ3n) is 5.10. The van der Waals surface area contributed by atoms with Gasteiger partial charge in [0.2, 0.25) is 5.91 Å². The Kier molecular flexibility index (Phi) is 4.83. The summed E-state index contributed by atoms with van der Waals surface area (Å²) in [5.41, 5.74) is 3.20. The molecule has 2 N–H and O–H groups in total. The molecule has 25 heavy (non-hydrogen) atoms. The first-order valence-corrected chi connectivity index (χ1v) is 9.27. The monoisotopic (exact) mass is 339 g/mol. The number of benzene rings is 1. The van der Waals surface area contributed by atoms with Gasteiger partial charge in [-0.05, 0) is 55.8 Å². The van der Waals surface area contributed by atoms with Crippen LogP contribution in [0.2, 0.25) is 0 Å². The Labute approximate surface area is 148 Å². The number of hydrogen-bond acceptors (Lipinski definition) is 4. The predicted octanol–water partition coefficient (Wildman–Crippen LogP) is 2.56. The van der Waals surface area contributed by atoms with E-state index in [2.05, 4.69) is 40.1 Å². The number of hydrogen-bond donors (Lipinski definition) is 2. The van der Waals surface area contributed by atoms with Crippen molar-refractivity contribution in [3.8, 4) is 0 Å². The summed E-state index contributed by atoms with van der Waals surface area (Å²) in [4.78, 5) is 12.1. The van der Waals surface area contributed by atoms with Crippen LogP contribution >= 0.6 is 0 Å². The molecule has 5 heteroatoms. The fourth-order valence-corrected chi connectivity index (χ4v) is 3.42. The molecule has 0 spiro atoms. The maximum absolute atomic E-state index is 12.1. The van der Waals surface area contributed by atoms with Crippen LogP contribution in [0.3, 0.4) is 0 Å². The number of aromatic nitrogens is 1. The Morgan fingerprint density at radius 1 is 1.20 bits per heavy atom. The molecule has 1 aliphatic heterocycles. The van der Waals surface area contributed by atoms with E-state index in [0.29, 0.717) is 18.9 Å². The molecule has 2 aliphatic rings. The molecule has 1 aliphatic carbocycles. The summed E-state index contributed by atoms with van der Waals surface area (Å²) in [6, 6.07) is 10.4. The zero-order valence-electron chi connectivity index (χ0n) is 14.5. The Bertz CT molecular complexity index is 713. The van der Waals surface area contributed by atoms with Gasteiger partial charge in [-0.25, -0.2) is 0 Å². The van der Waals surface area contributed by atoms with Crippen molar-refractivity contribution in [3.05, 3.63) is 52.9 Å². The molecule has 4 rings (SSSR count). The van der Waals surface area contributed by atoms with Crippen LogP contribution < -0.4 is 10.6 Å². The average Bonchev–Trinajstić information content (AvgIpc) is 3.14. The summed E-state index contributed by atoms with van der Waals surface area (Å²) in [7, 11) is 0. The number of rotatable bonds is 7. The summed E-state index contributed by atoms with van der Waals surface area (Å²) in [6.45, 7) is 2.69. The van der Waals surface area contributed by atoms with Crippen LogP contribution in [0.1, 0.15) is 47.8 Å². The van der Waals surface area contributed by atoms with Crippen LogP contribution in [0.25, 0.3) is 0 Å². The van der Waals surface area contributed by atoms with E-state index in [0.717, 1.165) is 42.4 Å². The second-order valence-corrected chi connectivity index (χ2v) is 7.33. The summed E-state index contributed by atoms with van der Waals surface area (Å²) in [5.74, 6) is 2.27. The fraction of sp³-hybridized carbons (Fsp3) is 0.500. The molecule has 1 atom stereocenters. The zero-order chi connectivity index (χ0) is 17.1. The Hall–Kier alpha value is -2.14. The Morgan fingerprint density at radius 3 is 2.72 bits per heavy atom. The molecule has 1 saturated heterocycles. The third-order valence-corrected chi connectivity index (χ3v) is 5.10. The van der Waals surface area contributed by atoms with Gasteiger partial charge in [0.15, 0.2) is 0 Å². The minimum atomic E-state index is 0.0173. The lowest BCUT2D eigenvalue weighted by molar-refractivity contribution is -0.120. The van der Waals surface area contributed by atoms with Crippen LogP contribution in [-0.4, -0.2) is 24.2 Å². The van der Waals surface area contributed by atoms with Crippen LogP contribution in [-0.2, 0) is 24.2 Å². The molecule has 0 bridgehead atoms. The van der Waals surface area contributed by atoms with Gasteiger partial charge in [-0.3, -0.25) is 4.79 Å². The highest BCUT2D eigenvalue weighted by Crippen LogP contribution is 2.40. The van der Waals surface area contributed by atoms with Gasteiger partial charge in [0.05, 0.1) is 13.0 Å². The molecule has 5 nitrogen and oxygen atoms in total. The molecule has 1 saturated carbocycles. The molecule has 1 amide bonds. The number of amides is 1. The Balaban J connectivity index is 1.23. The zero-order valence-corrected chi connectivity index (χ0v) is 14.5. The smallest absolute Gasteiger partial charge is 0.224 e. The van der Waals surface area contributed by atoms with Gasteiger partial charge in [-0.1, -0.05) is 29.4 Å². The highest BCUT2D eigenvalue weighted by Gasteiger charge is 2.27. The lowest BCUT2D eigenvalue weighted by atomic mass is 9.97. The van der Waals surface area contributed by atoms with Crippen molar-refractivity contribution in [2.75, 3.05) is 13.1 Å². The first kappa shape index (κ1) is 16.3. The number of carbonyl (C=O) groups excluding carboxylic acids is 1. The highest BCUT2D eigenvalue weighted by molar-refractivity contribution is 5.78. The maximum atomic E-state index is 12.1. The molecular weight excluding hydrogens is 314 g/mol. The fourth-order valence-electron chi connectivity index (χ4n) is 3.42. The number of nitrogens with one attached hydrogen (secondary N) is 2. The van der Waals surface area contributed by atoms with Gasteiger partial charge in [-0.15, -0.1) is 0 Å². The van der Waals surface area contributed by atoms with Crippen LogP contribution in [0, 0.1) is 5.92 Å². The van der Waals surface area contributed by atoms with E-state index < -0.39 is 0 Å². The van der Waals surface area contributed by atoms with E-state index in [-0.39, 0.29) is 5.91 Å². The van der Waals surface area contributed by atoms with Crippen LogP contribution in [0.5, 0.6) is 0 Å². The molecule has 2 heterocycles. The summed E-state index contributed by atoms with van der Waals surface area (Å²) < 4.78 is 5.30. The molecule has 132 valence electrons. The van der Waals surface area contributed by atoms with E-state index in [9.17, 15) is 4.79 Å². The van der Waals surface area contributed by atoms with Gasteiger partial charge in [0, 0.05) is 12.0 Å². The van der Waals surface area contributed by atoms with Crippen molar-refractivity contribution < 1.29 is 9.32 Å². The van der Waals surface area contributed by atoms with Crippen molar-refractivity contribution in [2.24, 2.45) is 5.92 Å². The minimum absolute atomic E-state index is 0.0173. The first-order valence-electron chi connectivity index (χ1n) is 9.27. The molecule has 1 aromatic heterocycles. The molecule has 0 radical (unpaired) electrons. The van der Waals surface area contributed by atoms with Crippen molar-refractivity contribution >= 4 is 5.91 Å². The standard InChI is InChI=1S/C20H25N3O2/c24-20(22-13-18-11-19(25-23-18)17-5-6-17)10-15-3-1-14(2-4-15)9-16-7-8-21-12-16/h1-4,11,16-17,21H,5-10,12-13H2,(H,22,24). The van der Waals surface area contributed by atoms with E-state index in [4.69, 9.17) is 4.52 Å². The second-order valence-electron chi connectivity index (χ2n) is 7.33. The van der Waals surface area contributed by atoms with Crippen molar-refractivity contribution in [1.82, 2.24) is 15.8 Å². The predicted molar refractivity (Wildman–Crippen MR) is 95.2 cm³/mol. The third kappa shape index (κ3) is 4.48. The number of carbonyl (C=O) groups is 1. The summed E-state index contributed by atoms with van der Waals surface area (Å²) in [5, 5.41) is 10.3. The maximum Gasteiger partial charge on any atom is 0.224 e. The van der Waals surface area contributed by atoms with Crippen molar-refractivity contribution in [3.63, 3.8) is 0 Å². The van der Waals surface area contributed by atoms with Crippen LogP contribution in [0.4, 0.5) is 0 Å². The largest absolute Gasteiger partial charge is 0.361 e. The van der Waals surface area contributed by atoms with E-state index in [1.165, 1.54) is 24.8 Å². The minimum Gasteiger partial charge on any atom is -0.361 e. The van der Waals surface area contributed by atoms with Gasteiger partial charge in [0.1, 0.15) is 11.5 Å². The first-order chi connectivity index (χ1) is 12.3. The Morgan fingerprint density at radius 2 is 2.00 bits per heavy atom. The summed E-state index contributed by atoms with van der Waals surface area (Å²) in [6.07, 6.45) is 5.16. The van der Waals surface area contributed by atoms with Gasteiger partial charge >= 0.3 is 0 Å². The average molecular weight is 339 g/mol. The van der Waals surface area contributed by atoms with Crippen molar-refractivity contribution in [1.29, 1.82) is 0 Å². The molecule has 2 fully saturated rings. The molecule has 2 aromatic rings. The van der Waals surface area contributed by atoms with E-state index in [1.807, 2.05) is 6.07 Å². The van der Waals surface area contributed by atoms with E-state index in [1.54, 1.807) is 0 Å². The normalized spacial score (nSPS) is 19.9. The lowest BCUT2D eigenvalue weighted by Gasteiger charge is -2.09. The second kappa shape index (κ2) is 7.40. The molecular formula is C20H25N3O2. The molecule has 1 unspecified atom stereocenters. The lowest BCUT2D eigenvalue weighted by Crippen LogP contribution is -2.24. The number of nitrogens with zero attached hydrogens (tertiary/aromatic N) is 1. The topological polar surface area (TPSA) is 67.2 Å². The van der Waals surface area contributed by atoms with E-state index >= 15 is 0 Å².